The van der Waals surface area contributed by atoms with E-state index in [1.54, 1.807) is 12.1 Å². The Balaban J connectivity index is 2.07. The van der Waals surface area contributed by atoms with E-state index in [1.165, 1.54) is 11.2 Å². The number of nitrogens with zero attached hydrogens (tertiary/aromatic N) is 2. The van der Waals surface area contributed by atoms with Crippen LogP contribution in [0.3, 0.4) is 0 Å². The van der Waals surface area contributed by atoms with Gasteiger partial charge in [-0.15, -0.1) is 0 Å². The number of amides is 2. The van der Waals surface area contributed by atoms with Crippen molar-refractivity contribution in [1.82, 2.24) is 10.2 Å². The van der Waals surface area contributed by atoms with Gasteiger partial charge in [0.15, 0.2) is 0 Å². The number of urea groups is 1. The van der Waals surface area contributed by atoms with Crippen LogP contribution in [-0.2, 0) is 6.54 Å². The second kappa shape index (κ2) is 4.72. The first-order valence-corrected chi connectivity index (χ1v) is 5.45. The molecule has 1 aliphatic rings. The first-order chi connectivity index (χ1) is 7.65. The van der Waals surface area contributed by atoms with Crippen LogP contribution >= 0.6 is 23.2 Å². The molecule has 0 bridgehead atoms. The molecule has 0 radical (unpaired) electrons. The van der Waals surface area contributed by atoms with Gasteiger partial charge in [0.25, 0.3) is 0 Å². The molecule has 0 saturated heterocycles. The summed E-state index contributed by atoms with van der Waals surface area (Å²) in [7, 11) is 0. The molecule has 1 N–H and O–H groups in total. The number of benzene rings is 1. The Morgan fingerprint density at radius 3 is 2.69 bits per heavy atom. The number of halogens is 2. The van der Waals surface area contributed by atoms with Crippen molar-refractivity contribution in [3.8, 4) is 0 Å². The van der Waals surface area contributed by atoms with Gasteiger partial charge in [0.1, 0.15) is 0 Å². The number of aliphatic imine (C=N–C) groups is 1. The molecule has 1 heterocycles. The minimum atomic E-state index is -0.672. The average molecular weight is 258 g/mol. The summed E-state index contributed by atoms with van der Waals surface area (Å²) in [6.07, 6.45) is 1.44. The number of carbonyl (C=O) groups excluding carboxylic acids is 1. The van der Waals surface area contributed by atoms with E-state index < -0.39 is 5.62 Å². The van der Waals surface area contributed by atoms with E-state index in [9.17, 15) is 4.79 Å². The van der Waals surface area contributed by atoms with Gasteiger partial charge in [0.05, 0.1) is 12.9 Å². The van der Waals surface area contributed by atoms with E-state index in [0.717, 1.165) is 5.56 Å². The zero-order valence-electron chi connectivity index (χ0n) is 8.23. The van der Waals surface area contributed by atoms with Crippen molar-refractivity contribution in [3.63, 3.8) is 0 Å². The number of hydrogen-bond acceptors (Lipinski definition) is 2. The van der Waals surface area contributed by atoms with Gasteiger partial charge in [-0.3, -0.25) is 4.90 Å². The summed E-state index contributed by atoms with van der Waals surface area (Å²) in [5, 5.41) is 3.16. The molecule has 0 aliphatic carbocycles. The lowest BCUT2D eigenvalue weighted by Crippen LogP contribution is -2.45. The Morgan fingerprint density at radius 1 is 1.38 bits per heavy atom. The van der Waals surface area contributed by atoms with Crippen LogP contribution in [0.5, 0.6) is 0 Å². The zero-order chi connectivity index (χ0) is 11.5. The molecule has 0 aromatic heterocycles. The topological polar surface area (TPSA) is 44.7 Å². The van der Waals surface area contributed by atoms with Gasteiger partial charge in [-0.25, -0.2) is 9.79 Å². The van der Waals surface area contributed by atoms with Gasteiger partial charge in [0, 0.05) is 5.02 Å². The molecular formula is C10H9Cl2N3O. The highest BCUT2D eigenvalue weighted by molar-refractivity contribution is 6.30. The van der Waals surface area contributed by atoms with E-state index in [2.05, 4.69) is 10.3 Å². The maximum absolute atomic E-state index is 11.5. The zero-order valence-corrected chi connectivity index (χ0v) is 9.74. The summed E-state index contributed by atoms with van der Waals surface area (Å²) in [4.78, 5) is 16.8. The minimum Gasteiger partial charge on any atom is -0.303 e. The first kappa shape index (κ1) is 11.2. The Labute approximate surface area is 103 Å². The second-order valence-corrected chi connectivity index (χ2v) is 4.15. The molecule has 4 nitrogen and oxygen atoms in total. The lowest BCUT2D eigenvalue weighted by atomic mass is 10.2. The highest BCUT2D eigenvalue weighted by Crippen LogP contribution is 2.12. The van der Waals surface area contributed by atoms with Crippen LogP contribution < -0.4 is 5.32 Å². The van der Waals surface area contributed by atoms with Crippen molar-refractivity contribution in [1.29, 1.82) is 0 Å². The Bertz CT molecular complexity index is 419. The van der Waals surface area contributed by atoms with Gasteiger partial charge in [-0.2, -0.15) is 0 Å². The van der Waals surface area contributed by atoms with Crippen molar-refractivity contribution in [2.75, 3.05) is 0 Å². The fraction of sp³-hybridized carbons (Fsp3) is 0.200. The molecule has 1 aromatic carbocycles. The predicted octanol–water partition coefficient (Wildman–Crippen LogP) is 2.42. The van der Waals surface area contributed by atoms with Crippen molar-refractivity contribution < 1.29 is 4.79 Å². The van der Waals surface area contributed by atoms with E-state index in [-0.39, 0.29) is 6.03 Å². The molecule has 1 atom stereocenters. The van der Waals surface area contributed by atoms with Crippen molar-refractivity contribution >= 4 is 35.6 Å². The first-order valence-electron chi connectivity index (χ1n) is 4.64. The minimum absolute atomic E-state index is 0.259. The smallest absolute Gasteiger partial charge is 0.303 e. The standard InChI is InChI=1S/C10H9Cl2N3O/c11-8-3-1-7(2-4-8)5-15-6-13-9(12)14-10(15)16/h1-4,6,9H,5H2,(H,14,16). The molecule has 16 heavy (non-hydrogen) atoms. The van der Waals surface area contributed by atoms with Crippen LogP contribution in [0.25, 0.3) is 0 Å². The van der Waals surface area contributed by atoms with Crippen LogP contribution in [0, 0.1) is 0 Å². The molecule has 84 valence electrons. The third-order valence-corrected chi connectivity index (χ3v) is 2.58. The van der Waals surface area contributed by atoms with Gasteiger partial charge in [-0.1, -0.05) is 35.3 Å². The number of hydrogen-bond donors (Lipinski definition) is 1. The highest BCUT2D eigenvalue weighted by Gasteiger charge is 2.19. The third-order valence-electron chi connectivity index (χ3n) is 2.11. The van der Waals surface area contributed by atoms with Gasteiger partial charge in [0.2, 0.25) is 5.62 Å². The number of alkyl halides is 1. The van der Waals surface area contributed by atoms with Crippen LogP contribution in [0.15, 0.2) is 29.3 Å². The normalized spacial score (nSPS) is 19.8. The summed E-state index contributed by atoms with van der Waals surface area (Å²) in [6.45, 7) is 0.441. The largest absolute Gasteiger partial charge is 0.325 e. The maximum atomic E-state index is 11.5. The molecule has 1 aliphatic heterocycles. The van der Waals surface area contributed by atoms with E-state index in [0.29, 0.717) is 11.6 Å². The molecular weight excluding hydrogens is 249 g/mol. The fourth-order valence-corrected chi connectivity index (χ4v) is 1.58. The maximum Gasteiger partial charge on any atom is 0.325 e. The van der Waals surface area contributed by atoms with Crippen LogP contribution in [-0.4, -0.2) is 22.9 Å². The van der Waals surface area contributed by atoms with Gasteiger partial charge < -0.3 is 5.32 Å². The molecule has 0 fully saturated rings. The number of rotatable bonds is 2. The van der Waals surface area contributed by atoms with Crippen molar-refractivity contribution in [2.45, 2.75) is 12.2 Å². The monoisotopic (exact) mass is 257 g/mol. The van der Waals surface area contributed by atoms with Gasteiger partial charge >= 0.3 is 6.03 Å². The predicted molar refractivity (Wildman–Crippen MR) is 63.7 cm³/mol. The van der Waals surface area contributed by atoms with E-state index in [1.807, 2.05) is 12.1 Å². The summed E-state index contributed by atoms with van der Waals surface area (Å²) in [5.41, 5.74) is 0.299. The molecule has 2 rings (SSSR count). The molecule has 6 heteroatoms. The van der Waals surface area contributed by atoms with E-state index in [4.69, 9.17) is 23.2 Å². The number of nitrogens with one attached hydrogen (secondary N) is 1. The quantitative estimate of drug-likeness (QED) is 0.642. The number of carbonyl (C=O) groups is 1. The molecule has 1 aromatic rings. The molecule has 0 spiro atoms. The van der Waals surface area contributed by atoms with Crippen LogP contribution in [0.1, 0.15) is 5.56 Å². The molecule has 2 amide bonds. The van der Waals surface area contributed by atoms with E-state index >= 15 is 0 Å². The molecule has 0 saturated carbocycles. The van der Waals surface area contributed by atoms with Crippen LogP contribution in [0.4, 0.5) is 4.79 Å². The Kier molecular flexibility index (Phi) is 3.31. The second-order valence-electron chi connectivity index (χ2n) is 3.30. The SMILES string of the molecule is O=C1NC(Cl)N=CN1Cc1ccc(Cl)cc1. The van der Waals surface area contributed by atoms with Crippen molar-refractivity contribution in [3.05, 3.63) is 34.9 Å². The molecule has 1 unspecified atom stereocenters. The lowest BCUT2D eigenvalue weighted by Gasteiger charge is -2.23. The van der Waals surface area contributed by atoms with Gasteiger partial charge in [-0.05, 0) is 17.7 Å². The Morgan fingerprint density at radius 2 is 2.06 bits per heavy atom. The highest BCUT2D eigenvalue weighted by atomic mass is 35.5. The van der Waals surface area contributed by atoms with Crippen LogP contribution in [0.2, 0.25) is 5.02 Å². The summed E-state index contributed by atoms with van der Waals surface area (Å²) in [5.74, 6) is 0. The third kappa shape index (κ3) is 2.65. The summed E-state index contributed by atoms with van der Waals surface area (Å²) < 4.78 is 0. The fourth-order valence-electron chi connectivity index (χ4n) is 1.31. The Hall–Kier alpha value is -1.26. The lowest BCUT2D eigenvalue weighted by molar-refractivity contribution is 0.217. The average Bonchev–Trinajstić information content (AvgIpc) is 2.25. The van der Waals surface area contributed by atoms with Crippen molar-refractivity contribution in [2.24, 2.45) is 4.99 Å². The summed E-state index contributed by atoms with van der Waals surface area (Å²) in [6, 6.07) is 7.01. The summed E-state index contributed by atoms with van der Waals surface area (Å²) >= 11 is 11.4.